The van der Waals surface area contributed by atoms with E-state index in [1.165, 1.54) is 11.1 Å². The predicted molar refractivity (Wildman–Crippen MR) is 83.6 cm³/mol. The monoisotopic (exact) mass is 283 g/mol. The molecule has 0 aromatic heterocycles. The summed E-state index contributed by atoms with van der Waals surface area (Å²) < 4.78 is 5.35. The third kappa shape index (κ3) is 2.74. The number of fused-ring (bicyclic) bond motifs is 1. The predicted octanol–water partition coefficient (Wildman–Crippen LogP) is 3.13. The van der Waals surface area contributed by atoms with Crippen LogP contribution in [0.4, 0.5) is 0 Å². The maximum atomic E-state index is 9.41. The zero-order valence-electron chi connectivity index (χ0n) is 12.3. The average Bonchev–Trinajstić information content (AvgIpc) is 2.50. The highest BCUT2D eigenvalue weighted by molar-refractivity contribution is 5.43. The lowest BCUT2D eigenvalue weighted by atomic mass is 9.74. The van der Waals surface area contributed by atoms with Gasteiger partial charge in [0.15, 0.2) is 0 Å². The summed E-state index contributed by atoms with van der Waals surface area (Å²) in [6.45, 7) is 0. The Morgan fingerprint density at radius 3 is 2.67 bits per heavy atom. The van der Waals surface area contributed by atoms with Crippen molar-refractivity contribution in [1.82, 2.24) is 0 Å². The topological polar surface area (TPSA) is 55.5 Å². The van der Waals surface area contributed by atoms with Gasteiger partial charge in [-0.1, -0.05) is 18.2 Å². The Bertz CT molecular complexity index is 636. The highest BCUT2D eigenvalue weighted by atomic mass is 16.5. The maximum absolute atomic E-state index is 9.41. The SMILES string of the molecule is COc1ccc2c(c1)C(N)(Cc1ccc(O)cc1)CCC2. The Labute approximate surface area is 125 Å². The Kier molecular flexibility index (Phi) is 3.60. The van der Waals surface area contributed by atoms with Gasteiger partial charge in [0.2, 0.25) is 0 Å². The second kappa shape index (κ2) is 5.41. The smallest absolute Gasteiger partial charge is 0.119 e. The third-order valence-corrected chi connectivity index (χ3v) is 4.38. The highest BCUT2D eigenvalue weighted by Gasteiger charge is 2.33. The fraction of sp³-hybridized carbons (Fsp3) is 0.333. The van der Waals surface area contributed by atoms with E-state index in [1.54, 1.807) is 19.2 Å². The van der Waals surface area contributed by atoms with Crippen LogP contribution in [0.25, 0.3) is 0 Å². The van der Waals surface area contributed by atoms with Crippen molar-refractivity contribution in [1.29, 1.82) is 0 Å². The number of phenols is 1. The first-order chi connectivity index (χ1) is 10.1. The van der Waals surface area contributed by atoms with E-state index in [0.717, 1.165) is 37.0 Å². The normalized spacial score (nSPS) is 20.9. The lowest BCUT2D eigenvalue weighted by molar-refractivity contribution is 0.363. The van der Waals surface area contributed by atoms with Crippen molar-refractivity contribution >= 4 is 0 Å². The molecule has 0 bridgehead atoms. The van der Waals surface area contributed by atoms with E-state index in [4.69, 9.17) is 10.5 Å². The molecule has 110 valence electrons. The fourth-order valence-electron chi connectivity index (χ4n) is 3.25. The van der Waals surface area contributed by atoms with E-state index in [-0.39, 0.29) is 11.3 Å². The summed E-state index contributed by atoms with van der Waals surface area (Å²) in [5.41, 5.74) is 10.0. The van der Waals surface area contributed by atoms with E-state index in [2.05, 4.69) is 12.1 Å². The van der Waals surface area contributed by atoms with E-state index < -0.39 is 0 Å². The van der Waals surface area contributed by atoms with Crippen LogP contribution in [0.5, 0.6) is 11.5 Å². The molecule has 0 saturated carbocycles. The number of methoxy groups -OCH3 is 1. The van der Waals surface area contributed by atoms with Crippen LogP contribution in [0.3, 0.4) is 0 Å². The van der Waals surface area contributed by atoms with E-state index in [1.807, 2.05) is 18.2 Å². The minimum absolute atomic E-state index is 0.288. The molecule has 0 spiro atoms. The molecule has 0 fully saturated rings. The molecule has 0 radical (unpaired) electrons. The average molecular weight is 283 g/mol. The molecule has 0 aliphatic heterocycles. The number of aryl methyl sites for hydroxylation is 1. The molecule has 0 amide bonds. The highest BCUT2D eigenvalue weighted by Crippen LogP contribution is 2.38. The van der Waals surface area contributed by atoms with E-state index in [9.17, 15) is 5.11 Å². The number of phenolic OH excluding ortho intramolecular Hbond substituents is 1. The molecule has 1 aliphatic carbocycles. The van der Waals surface area contributed by atoms with Gasteiger partial charge in [-0.2, -0.15) is 0 Å². The summed E-state index contributed by atoms with van der Waals surface area (Å²) in [5, 5.41) is 9.41. The molecule has 3 heteroatoms. The minimum atomic E-state index is -0.362. The number of nitrogens with two attached hydrogens (primary N) is 1. The van der Waals surface area contributed by atoms with Gasteiger partial charge in [0.25, 0.3) is 0 Å². The number of benzene rings is 2. The zero-order valence-corrected chi connectivity index (χ0v) is 12.3. The van der Waals surface area contributed by atoms with Crippen LogP contribution in [0.2, 0.25) is 0 Å². The van der Waals surface area contributed by atoms with Crippen molar-refractivity contribution in [3.8, 4) is 11.5 Å². The van der Waals surface area contributed by atoms with Crippen LogP contribution >= 0.6 is 0 Å². The van der Waals surface area contributed by atoms with Crippen LogP contribution in [-0.4, -0.2) is 12.2 Å². The van der Waals surface area contributed by atoms with Crippen molar-refractivity contribution in [2.24, 2.45) is 5.73 Å². The number of ether oxygens (including phenoxy) is 1. The van der Waals surface area contributed by atoms with Crippen molar-refractivity contribution in [3.05, 3.63) is 59.2 Å². The van der Waals surface area contributed by atoms with Gasteiger partial charge in [-0.25, -0.2) is 0 Å². The van der Waals surface area contributed by atoms with E-state index >= 15 is 0 Å². The summed E-state index contributed by atoms with van der Waals surface area (Å²) in [4.78, 5) is 0. The first-order valence-corrected chi connectivity index (χ1v) is 7.35. The molecule has 0 saturated heterocycles. The van der Waals surface area contributed by atoms with Gasteiger partial charge >= 0.3 is 0 Å². The Balaban J connectivity index is 1.96. The maximum Gasteiger partial charge on any atom is 0.119 e. The molecule has 3 N–H and O–H groups in total. The summed E-state index contributed by atoms with van der Waals surface area (Å²) >= 11 is 0. The van der Waals surface area contributed by atoms with Crippen molar-refractivity contribution in [2.75, 3.05) is 7.11 Å². The van der Waals surface area contributed by atoms with Crippen LogP contribution < -0.4 is 10.5 Å². The Hall–Kier alpha value is -2.00. The van der Waals surface area contributed by atoms with Gasteiger partial charge in [-0.15, -0.1) is 0 Å². The summed E-state index contributed by atoms with van der Waals surface area (Å²) in [6, 6.07) is 13.5. The third-order valence-electron chi connectivity index (χ3n) is 4.38. The molecule has 2 aromatic rings. The largest absolute Gasteiger partial charge is 0.508 e. The van der Waals surface area contributed by atoms with Crippen molar-refractivity contribution in [2.45, 2.75) is 31.2 Å². The van der Waals surface area contributed by atoms with Gasteiger partial charge in [-0.3, -0.25) is 0 Å². The lowest BCUT2D eigenvalue weighted by Gasteiger charge is -2.36. The van der Waals surface area contributed by atoms with Crippen molar-refractivity contribution < 1.29 is 9.84 Å². The van der Waals surface area contributed by atoms with Crippen LogP contribution in [0, 0.1) is 0 Å². The van der Waals surface area contributed by atoms with Crippen LogP contribution in [0.1, 0.15) is 29.5 Å². The summed E-state index contributed by atoms with van der Waals surface area (Å²) in [6.07, 6.45) is 3.92. The van der Waals surface area contributed by atoms with E-state index in [0.29, 0.717) is 0 Å². The molecule has 1 aliphatic rings. The molecular weight excluding hydrogens is 262 g/mol. The standard InChI is InChI=1S/C18H21NO2/c1-21-16-9-6-14-3-2-10-18(19,17(14)11-16)12-13-4-7-15(20)8-5-13/h4-9,11,20H,2-3,10,12,19H2,1H3. The Morgan fingerprint density at radius 2 is 1.95 bits per heavy atom. The minimum Gasteiger partial charge on any atom is -0.508 e. The molecule has 1 atom stereocenters. The number of aromatic hydroxyl groups is 1. The van der Waals surface area contributed by atoms with Gasteiger partial charge in [0.05, 0.1) is 7.11 Å². The second-order valence-electron chi connectivity index (χ2n) is 5.88. The lowest BCUT2D eigenvalue weighted by Crippen LogP contribution is -2.42. The molecule has 2 aromatic carbocycles. The molecule has 3 nitrogen and oxygen atoms in total. The second-order valence-corrected chi connectivity index (χ2v) is 5.88. The van der Waals surface area contributed by atoms with Gasteiger partial charge in [-0.05, 0) is 66.6 Å². The quantitative estimate of drug-likeness (QED) is 0.910. The first kappa shape index (κ1) is 14.0. The van der Waals surface area contributed by atoms with Crippen LogP contribution in [-0.2, 0) is 18.4 Å². The zero-order chi connectivity index (χ0) is 14.9. The molecule has 3 rings (SSSR count). The molecule has 21 heavy (non-hydrogen) atoms. The van der Waals surface area contributed by atoms with Crippen molar-refractivity contribution in [3.63, 3.8) is 0 Å². The summed E-state index contributed by atoms with van der Waals surface area (Å²) in [5.74, 6) is 1.15. The fourth-order valence-corrected chi connectivity index (χ4v) is 3.25. The van der Waals surface area contributed by atoms with Crippen LogP contribution in [0.15, 0.2) is 42.5 Å². The summed E-state index contributed by atoms with van der Waals surface area (Å²) in [7, 11) is 1.68. The van der Waals surface area contributed by atoms with Gasteiger partial charge in [0, 0.05) is 5.54 Å². The first-order valence-electron chi connectivity index (χ1n) is 7.35. The molecule has 1 unspecified atom stereocenters. The van der Waals surface area contributed by atoms with Gasteiger partial charge < -0.3 is 15.6 Å². The Morgan fingerprint density at radius 1 is 1.19 bits per heavy atom. The number of rotatable bonds is 3. The molecular formula is C18H21NO2. The molecule has 0 heterocycles. The van der Waals surface area contributed by atoms with Gasteiger partial charge in [0.1, 0.15) is 11.5 Å². The number of hydrogen-bond donors (Lipinski definition) is 2. The number of hydrogen-bond acceptors (Lipinski definition) is 3.